The molecule has 33 heavy (non-hydrogen) atoms. The molecule has 0 aliphatic carbocycles. The zero-order valence-corrected chi connectivity index (χ0v) is 22.1. The fraction of sp³-hybridized carbons (Fsp3) is 0.920. The number of phosphoric acid groups is 1. The Hall–Kier alpha value is -0.270. The number of hydrogen-bond donors (Lipinski definition) is 1. The van der Waals surface area contributed by atoms with Crippen LogP contribution >= 0.6 is 7.82 Å². The molecule has 8 heteroatoms. The predicted octanol–water partition coefficient (Wildman–Crippen LogP) is 5.34. The van der Waals surface area contributed by atoms with Gasteiger partial charge in [-0.2, -0.15) is 0 Å². The Kier molecular flexibility index (Phi) is 21.4. The Morgan fingerprint density at radius 2 is 1.36 bits per heavy atom. The molecule has 0 aliphatic rings. The van der Waals surface area contributed by atoms with E-state index in [1.807, 2.05) is 34.1 Å². The molecule has 0 fully saturated rings. The summed E-state index contributed by atoms with van der Waals surface area (Å²) in [6.45, 7) is 11.2. The first kappa shape index (κ1) is 37.3. The maximum atomic E-state index is 12.5. The molecule has 0 aromatic rings. The zero-order valence-electron chi connectivity index (χ0n) is 21.2. The number of nitrogens with zero attached hydrogens (tertiary/aromatic N) is 2. The van der Waals surface area contributed by atoms with Crippen LogP contribution in [0, 0.1) is 0 Å². The lowest BCUT2D eigenvalue weighted by Gasteiger charge is -2.47. The Labute approximate surface area is 206 Å². The number of unbranched alkanes of at least 4 members (excludes halogenated alkanes) is 3. The smallest absolute Gasteiger partial charge is 0.272 e. The van der Waals surface area contributed by atoms with E-state index in [4.69, 9.17) is 9.05 Å². The minimum absolute atomic E-state index is 0. The molecule has 0 aliphatic heterocycles. The summed E-state index contributed by atoms with van der Waals surface area (Å²) in [5.41, 5.74) is 0. The number of allylic oxidation sites excluding steroid dienone is 1. The van der Waals surface area contributed by atoms with Crippen molar-refractivity contribution in [2.24, 2.45) is 0 Å². The number of rotatable bonds is 19. The molecule has 0 saturated carbocycles. The van der Waals surface area contributed by atoms with Crippen molar-refractivity contribution < 1.29 is 32.6 Å². The van der Waals surface area contributed by atoms with Crippen LogP contribution < -0.4 is 4.89 Å². The van der Waals surface area contributed by atoms with Gasteiger partial charge >= 0.3 is 0 Å². The molecular formula is C25H58N2O5P+. The molecule has 0 saturated heterocycles. The number of aliphatic hydroxyl groups is 1. The molecule has 7 nitrogen and oxygen atoms in total. The first-order valence-electron chi connectivity index (χ1n) is 12.1. The van der Waals surface area contributed by atoms with Crippen LogP contribution in [0.25, 0.3) is 0 Å². The van der Waals surface area contributed by atoms with Gasteiger partial charge in [-0.15, -0.1) is 0 Å². The molecular weight excluding hydrogens is 439 g/mol. The number of quaternary nitrogens is 2. The molecule has 1 N–H and O–H groups in total. The second-order valence-electron chi connectivity index (χ2n) is 9.64. The third-order valence-corrected chi connectivity index (χ3v) is 6.44. The minimum atomic E-state index is -4.47. The van der Waals surface area contributed by atoms with Crippen LogP contribution in [0.3, 0.4) is 0 Å². The summed E-state index contributed by atoms with van der Waals surface area (Å²) in [6.07, 6.45) is 10.0. The second kappa shape index (κ2) is 19.0. The molecule has 202 valence electrons. The Morgan fingerprint density at radius 3 is 1.73 bits per heavy atom. The fourth-order valence-electron chi connectivity index (χ4n) is 3.69. The van der Waals surface area contributed by atoms with Crippen molar-refractivity contribution in [2.45, 2.75) is 99.6 Å². The van der Waals surface area contributed by atoms with E-state index in [0.29, 0.717) is 8.97 Å². The number of hydrogen-bond acceptors (Lipinski definition) is 5. The monoisotopic (exact) mass is 497 g/mol. The van der Waals surface area contributed by atoms with Crippen LogP contribution in [0.2, 0.25) is 0 Å². The van der Waals surface area contributed by atoms with Crippen molar-refractivity contribution in [3.8, 4) is 0 Å². The van der Waals surface area contributed by atoms with E-state index in [9.17, 15) is 14.6 Å². The van der Waals surface area contributed by atoms with E-state index in [2.05, 4.69) is 20.8 Å². The number of phosphoric ester groups is 1. The van der Waals surface area contributed by atoms with Crippen molar-refractivity contribution in [3.05, 3.63) is 12.2 Å². The molecule has 0 bridgehead atoms. The van der Waals surface area contributed by atoms with Crippen molar-refractivity contribution in [3.63, 3.8) is 0 Å². The second-order valence-corrected chi connectivity index (χ2v) is 11.0. The third-order valence-electron chi connectivity index (χ3n) is 5.54. The minimum Gasteiger partial charge on any atom is -0.756 e. The van der Waals surface area contributed by atoms with Gasteiger partial charge in [-0.3, -0.25) is 9.09 Å². The van der Waals surface area contributed by atoms with E-state index < -0.39 is 13.9 Å². The van der Waals surface area contributed by atoms with E-state index in [1.165, 1.54) is 0 Å². The van der Waals surface area contributed by atoms with Gasteiger partial charge in [-0.25, -0.2) is 0 Å². The average Bonchev–Trinajstić information content (AvgIpc) is 2.71. The van der Waals surface area contributed by atoms with Crippen LogP contribution in [0.4, 0.5) is 0 Å². The summed E-state index contributed by atoms with van der Waals surface area (Å²) < 4.78 is 24.0. The van der Waals surface area contributed by atoms with Gasteiger partial charge in [0.25, 0.3) is 7.82 Å². The van der Waals surface area contributed by atoms with Crippen molar-refractivity contribution in [2.75, 3.05) is 54.1 Å². The van der Waals surface area contributed by atoms with Gasteiger partial charge in [0.2, 0.25) is 0 Å². The highest BCUT2D eigenvalue weighted by Crippen LogP contribution is 2.40. The summed E-state index contributed by atoms with van der Waals surface area (Å²) in [4.78, 5) is 12.5. The van der Waals surface area contributed by atoms with Crippen LogP contribution in [0.5, 0.6) is 0 Å². The van der Waals surface area contributed by atoms with Gasteiger partial charge < -0.3 is 23.5 Å². The molecule has 0 amide bonds. The molecule has 3 atom stereocenters. The van der Waals surface area contributed by atoms with Gasteiger partial charge in [-0.05, 0) is 25.7 Å². The van der Waals surface area contributed by atoms with Crippen LogP contribution in [-0.4, -0.2) is 80.3 Å². The lowest BCUT2D eigenvalue weighted by Crippen LogP contribution is -2.62. The molecule has 0 aromatic heterocycles. The normalized spacial score (nSPS) is 16.0. The molecule has 0 spiro atoms. The highest BCUT2D eigenvalue weighted by Gasteiger charge is 2.40. The molecule has 0 aromatic carbocycles. The van der Waals surface area contributed by atoms with Gasteiger partial charge in [0.05, 0.1) is 40.8 Å². The lowest BCUT2D eigenvalue weighted by molar-refractivity contribution is -0.954. The summed E-state index contributed by atoms with van der Waals surface area (Å²) in [5, 5.41) is 11.1. The Bertz CT molecular complexity index is 516. The maximum absolute atomic E-state index is 12.5. The maximum Gasteiger partial charge on any atom is 0.272 e. The molecule has 3 unspecified atom stereocenters. The third kappa shape index (κ3) is 16.1. The van der Waals surface area contributed by atoms with Gasteiger partial charge in [0, 0.05) is 0 Å². The standard InChI is InChI=1S/C23H50N2O5P.2CH4/c1-8-12-16-23(26)22(20-29-31(27,28)30-21-24(5,6)7)25(17-13-9-2,18-14-10-3)19-15-11-4;;/h12,16,22-23,26H,8-11,13-15,17-21H2,1-7H3;2*1H4/q+1;;. The van der Waals surface area contributed by atoms with Crippen LogP contribution in [0.15, 0.2) is 12.2 Å². The van der Waals surface area contributed by atoms with Gasteiger partial charge in [-0.1, -0.05) is 74.0 Å². The summed E-state index contributed by atoms with van der Waals surface area (Å²) in [6, 6.07) is -0.359. The van der Waals surface area contributed by atoms with Gasteiger partial charge in [0.15, 0.2) is 6.73 Å². The van der Waals surface area contributed by atoms with E-state index >= 15 is 0 Å². The van der Waals surface area contributed by atoms with Crippen LogP contribution in [0.1, 0.15) is 87.5 Å². The molecule has 0 heterocycles. The Morgan fingerprint density at radius 1 is 0.909 bits per heavy atom. The molecule has 0 radical (unpaired) electrons. The average molecular weight is 498 g/mol. The van der Waals surface area contributed by atoms with Crippen molar-refractivity contribution in [1.82, 2.24) is 0 Å². The summed E-state index contributed by atoms with van der Waals surface area (Å²) in [7, 11) is 1.09. The van der Waals surface area contributed by atoms with Crippen molar-refractivity contribution >= 4 is 7.82 Å². The first-order chi connectivity index (χ1) is 14.5. The first-order valence-corrected chi connectivity index (χ1v) is 13.5. The SMILES string of the molecule is C.C.CCC=CC(O)C(COP(=O)([O-])OC[N+](C)(C)C)[N+](CCCC)(CCCC)CCCC. The fourth-order valence-corrected chi connectivity index (χ4v) is 4.58. The highest BCUT2D eigenvalue weighted by molar-refractivity contribution is 7.45. The number of aliphatic hydroxyl groups excluding tert-OH is 1. The quantitative estimate of drug-likeness (QED) is 0.113. The van der Waals surface area contributed by atoms with Crippen LogP contribution in [-0.2, 0) is 13.6 Å². The topological polar surface area (TPSA) is 78.8 Å². The largest absolute Gasteiger partial charge is 0.756 e. The predicted molar refractivity (Wildman–Crippen MR) is 140 cm³/mol. The highest BCUT2D eigenvalue weighted by atomic mass is 31.2. The lowest BCUT2D eigenvalue weighted by atomic mass is 10.0. The summed E-state index contributed by atoms with van der Waals surface area (Å²) >= 11 is 0. The van der Waals surface area contributed by atoms with E-state index in [-0.39, 0.29) is 34.2 Å². The van der Waals surface area contributed by atoms with E-state index in [0.717, 1.165) is 64.6 Å². The van der Waals surface area contributed by atoms with E-state index in [1.54, 1.807) is 6.08 Å². The van der Waals surface area contributed by atoms with Gasteiger partial charge in [0.1, 0.15) is 18.8 Å². The zero-order chi connectivity index (χ0) is 24.0. The Balaban J connectivity index is -0.00000450. The summed E-state index contributed by atoms with van der Waals surface area (Å²) in [5.74, 6) is 0. The molecule has 0 rings (SSSR count). The van der Waals surface area contributed by atoms with Crippen molar-refractivity contribution in [1.29, 1.82) is 0 Å².